The van der Waals surface area contributed by atoms with Crippen molar-refractivity contribution in [1.29, 1.82) is 0 Å². The first-order chi connectivity index (χ1) is 18.4. The van der Waals surface area contributed by atoms with E-state index in [2.05, 4.69) is 20.3 Å². The van der Waals surface area contributed by atoms with Crippen LogP contribution in [0.2, 0.25) is 0 Å². The molecule has 0 unspecified atom stereocenters. The molecule has 0 aliphatic carbocycles. The van der Waals surface area contributed by atoms with E-state index >= 15 is 0 Å². The smallest absolute Gasteiger partial charge is 0.410 e. The van der Waals surface area contributed by atoms with Gasteiger partial charge in [0.15, 0.2) is 0 Å². The molecule has 3 aromatic rings. The van der Waals surface area contributed by atoms with Crippen molar-refractivity contribution < 1.29 is 27.4 Å². The number of benzene rings is 1. The minimum atomic E-state index is -2.97. The molecular formula is C26H31F3N6O4. The van der Waals surface area contributed by atoms with Crippen LogP contribution in [0.1, 0.15) is 51.3 Å². The van der Waals surface area contributed by atoms with Gasteiger partial charge >= 0.3 is 11.8 Å². The molecule has 10 nitrogen and oxygen atoms in total. The topological polar surface area (TPSA) is 113 Å². The highest BCUT2D eigenvalue weighted by atomic mass is 19.3. The van der Waals surface area contributed by atoms with Crippen molar-refractivity contribution in [3.05, 3.63) is 51.7 Å². The quantitative estimate of drug-likeness (QED) is 0.459. The molecule has 0 spiro atoms. The number of nitrogens with one attached hydrogen (secondary N) is 2. The highest BCUT2D eigenvalue weighted by Crippen LogP contribution is 2.34. The van der Waals surface area contributed by atoms with Gasteiger partial charge in [0, 0.05) is 31.7 Å². The SMILES string of the molecule is COc1nc2[nH]c(=O)nc(N[C@H](C)c3cccc(C(F)F)c3F)c2cc1N1CCN(C(=O)OC(C)(C)C)CC1. The molecule has 39 heavy (non-hydrogen) atoms. The normalized spacial score (nSPS) is 15.0. The Labute approximate surface area is 223 Å². The van der Waals surface area contributed by atoms with Gasteiger partial charge in [-0.3, -0.25) is 4.98 Å². The number of halogens is 3. The standard InChI is InChI=1S/C26H31F3N6O4/c1-14(15-7-6-8-16(19(15)27)20(28)29)30-21-17-13-18(23(38-5)31-22(17)33-24(36)32-21)34-9-11-35(12-10-34)25(37)39-26(2,3)4/h6-8,13-14,20H,9-12H2,1-5H3,(H2,30,31,32,33,36)/t14-/m1/s1. The van der Waals surface area contributed by atoms with Gasteiger partial charge in [-0.15, -0.1) is 0 Å². The van der Waals surface area contributed by atoms with Crippen LogP contribution in [0.4, 0.5) is 29.5 Å². The minimum Gasteiger partial charge on any atom is -0.479 e. The molecule has 13 heteroatoms. The first-order valence-corrected chi connectivity index (χ1v) is 12.4. The average molecular weight is 549 g/mol. The number of aromatic nitrogens is 3. The first kappa shape index (κ1) is 28.0. The number of hydrogen-bond acceptors (Lipinski definition) is 8. The molecule has 210 valence electrons. The zero-order valence-electron chi connectivity index (χ0n) is 22.3. The van der Waals surface area contributed by atoms with E-state index in [1.165, 1.54) is 19.2 Å². The van der Waals surface area contributed by atoms with Gasteiger partial charge in [0.05, 0.1) is 24.1 Å². The van der Waals surface area contributed by atoms with E-state index in [1.807, 2.05) is 25.7 Å². The lowest BCUT2D eigenvalue weighted by Gasteiger charge is -2.37. The molecule has 0 saturated carbocycles. The molecule has 1 aliphatic heterocycles. The molecule has 3 heterocycles. The fourth-order valence-corrected chi connectivity index (χ4v) is 4.35. The van der Waals surface area contributed by atoms with Crippen molar-refractivity contribution in [3.8, 4) is 5.88 Å². The van der Waals surface area contributed by atoms with Crippen LogP contribution in [0.15, 0.2) is 29.1 Å². The van der Waals surface area contributed by atoms with E-state index in [-0.39, 0.29) is 22.9 Å². The molecule has 1 amide bonds. The van der Waals surface area contributed by atoms with Crippen LogP contribution in [0.3, 0.4) is 0 Å². The summed E-state index contributed by atoms with van der Waals surface area (Å²) in [7, 11) is 1.45. The number of carbonyl (C=O) groups is 1. The van der Waals surface area contributed by atoms with Crippen molar-refractivity contribution >= 4 is 28.6 Å². The summed E-state index contributed by atoms with van der Waals surface area (Å²) in [6.45, 7) is 8.74. The molecular weight excluding hydrogens is 517 g/mol. The Morgan fingerprint density at radius 3 is 2.41 bits per heavy atom. The maximum Gasteiger partial charge on any atom is 0.410 e. The van der Waals surface area contributed by atoms with Gasteiger partial charge in [0.2, 0.25) is 5.88 Å². The molecule has 2 aromatic heterocycles. The van der Waals surface area contributed by atoms with Crippen LogP contribution >= 0.6 is 0 Å². The maximum absolute atomic E-state index is 14.8. The second-order valence-electron chi connectivity index (χ2n) is 10.2. The number of H-pyrrole nitrogens is 1. The number of ether oxygens (including phenoxy) is 2. The third-order valence-electron chi connectivity index (χ3n) is 6.24. The number of alkyl halides is 2. The lowest BCUT2D eigenvalue weighted by molar-refractivity contribution is 0.0240. The van der Waals surface area contributed by atoms with E-state index in [4.69, 9.17) is 9.47 Å². The summed E-state index contributed by atoms with van der Waals surface area (Å²) < 4.78 is 52.2. The van der Waals surface area contributed by atoms with E-state index in [0.717, 1.165) is 6.07 Å². The third kappa shape index (κ3) is 6.18. The van der Waals surface area contributed by atoms with Crippen LogP contribution in [-0.2, 0) is 4.74 Å². The molecule has 0 bridgehead atoms. The van der Waals surface area contributed by atoms with Crippen LogP contribution in [0.5, 0.6) is 5.88 Å². The van der Waals surface area contributed by atoms with Crippen molar-refractivity contribution in [2.24, 2.45) is 0 Å². The number of nitrogens with zero attached hydrogens (tertiary/aromatic N) is 4. The summed E-state index contributed by atoms with van der Waals surface area (Å²) in [6.07, 6.45) is -3.36. The van der Waals surface area contributed by atoms with Crippen LogP contribution in [-0.4, -0.2) is 64.8 Å². The number of methoxy groups -OCH3 is 1. The Morgan fingerprint density at radius 2 is 1.79 bits per heavy atom. The molecule has 1 aliphatic rings. The maximum atomic E-state index is 14.8. The van der Waals surface area contributed by atoms with Gasteiger partial charge in [-0.1, -0.05) is 18.2 Å². The van der Waals surface area contributed by atoms with Gasteiger partial charge in [-0.25, -0.2) is 22.8 Å². The fraction of sp³-hybridized carbons (Fsp3) is 0.462. The largest absolute Gasteiger partial charge is 0.479 e. The summed E-state index contributed by atoms with van der Waals surface area (Å²) in [5.41, 5.74) is -1.23. The van der Waals surface area contributed by atoms with Gasteiger partial charge in [-0.2, -0.15) is 9.97 Å². The molecule has 1 saturated heterocycles. The number of hydrogen-bond donors (Lipinski definition) is 2. The van der Waals surface area contributed by atoms with E-state index in [9.17, 15) is 22.8 Å². The molecule has 2 N–H and O–H groups in total. The Bertz CT molecular complexity index is 1420. The number of fused-ring (bicyclic) bond motifs is 1. The predicted molar refractivity (Wildman–Crippen MR) is 140 cm³/mol. The molecule has 1 atom stereocenters. The highest BCUT2D eigenvalue weighted by molar-refractivity contribution is 5.90. The average Bonchev–Trinajstić information content (AvgIpc) is 2.86. The second kappa shape index (κ2) is 11.0. The van der Waals surface area contributed by atoms with E-state index < -0.39 is 41.2 Å². The first-order valence-electron chi connectivity index (χ1n) is 12.4. The monoisotopic (exact) mass is 548 g/mol. The summed E-state index contributed by atoms with van der Waals surface area (Å²) >= 11 is 0. The number of aromatic amines is 1. The molecule has 0 radical (unpaired) electrons. The zero-order chi connectivity index (χ0) is 28.5. The number of rotatable bonds is 6. The second-order valence-corrected chi connectivity index (χ2v) is 10.2. The molecule has 4 rings (SSSR count). The summed E-state index contributed by atoms with van der Waals surface area (Å²) in [6, 6.07) is 4.70. The highest BCUT2D eigenvalue weighted by Gasteiger charge is 2.28. The van der Waals surface area contributed by atoms with Gasteiger partial charge in [0.1, 0.15) is 28.6 Å². The van der Waals surface area contributed by atoms with Crippen molar-refractivity contribution in [2.75, 3.05) is 43.5 Å². The molecule has 1 fully saturated rings. The zero-order valence-corrected chi connectivity index (χ0v) is 22.3. The number of amides is 1. The Balaban J connectivity index is 1.64. The Morgan fingerprint density at radius 1 is 1.13 bits per heavy atom. The fourth-order valence-electron chi connectivity index (χ4n) is 4.35. The van der Waals surface area contributed by atoms with E-state index in [1.54, 1.807) is 17.9 Å². The molecule has 1 aromatic carbocycles. The lowest BCUT2D eigenvalue weighted by Crippen LogP contribution is -2.50. The third-order valence-corrected chi connectivity index (χ3v) is 6.24. The van der Waals surface area contributed by atoms with Crippen LogP contribution in [0, 0.1) is 5.82 Å². The van der Waals surface area contributed by atoms with Gasteiger partial charge < -0.3 is 24.6 Å². The van der Waals surface area contributed by atoms with Crippen molar-refractivity contribution in [3.63, 3.8) is 0 Å². The summed E-state index contributed by atoms with van der Waals surface area (Å²) in [5, 5.41) is 3.39. The summed E-state index contributed by atoms with van der Waals surface area (Å²) in [4.78, 5) is 39.4. The lowest BCUT2D eigenvalue weighted by atomic mass is 10.0. The van der Waals surface area contributed by atoms with Crippen LogP contribution < -0.4 is 20.6 Å². The van der Waals surface area contributed by atoms with E-state index in [0.29, 0.717) is 37.3 Å². The Hall–Kier alpha value is -4.03. The van der Waals surface area contributed by atoms with Crippen molar-refractivity contribution in [1.82, 2.24) is 19.9 Å². The number of carbonyl (C=O) groups excluding carboxylic acids is 1. The number of piperazine rings is 1. The van der Waals surface area contributed by atoms with Crippen molar-refractivity contribution in [2.45, 2.75) is 45.8 Å². The van der Waals surface area contributed by atoms with Gasteiger partial charge in [0.25, 0.3) is 6.43 Å². The summed E-state index contributed by atoms with van der Waals surface area (Å²) in [5.74, 6) is -0.665. The minimum absolute atomic E-state index is 0.00277. The number of anilines is 2. The number of pyridine rings is 1. The van der Waals surface area contributed by atoms with Crippen LogP contribution in [0.25, 0.3) is 11.0 Å². The van der Waals surface area contributed by atoms with Gasteiger partial charge in [-0.05, 0) is 33.8 Å². The predicted octanol–water partition coefficient (Wildman–Crippen LogP) is 4.63. The Kier molecular flexibility index (Phi) is 7.89.